The Morgan fingerprint density at radius 1 is 1.25 bits per heavy atom. The highest BCUT2D eigenvalue weighted by molar-refractivity contribution is 8.01. The second-order valence-electron chi connectivity index (χ2n) is 5.83. The number of carbonyl (C=O) groups is 2. The molecule has 0 bridgehead atoms. The van der Waals surface area contributed by atoms with Crippen molar-refractivity contribution in [2.24, 2.45) is 0 Å². The highest BCUT2D eigenvalue weighted by Gasteiger charge is 2.42. The van der Waals surface area contributed by atoms with Crippen LogP contribution in [0, 0.1) is 0 Å². The maximum Gasteiger partial charge on any atom is 0.444 e. The summed E-state index contributed by atoms with van der Waals surface area (Å²) in [5, 5.41) is 4.72. The molecule has 2 amide bonds. The molecule has 2 aromatic rings. The average molecular weight is 431 g/mol. The Hall–Kier alpha value is -2.39. The van der Waals surface area contributed by atoms with Gasteiger partial charge in [-0.3, -0.25) is 9.59 Å². The summed E-state index contributed by atoms with van der Waals surface area (Å²) in [7, 11) is 0. The van der Waals surface area contributed by atoms with E-state index in [0.717, 1.165) is 17.0 Å². The average Bonchev–Trinajstić information content (AvgIpc) is 2.63. The van der Waals surface area contributed by atoms with E-state index in [-0.39, 0.29) is 18.1 Å². The van der Waals surface area contributed by atoms with Crippen molar-refractivity contribution in [2.75, 3.05) is 10.6 Å². The van der Waals surface area contributed by atoms with Gasteiger partial charge >= 0.3 is 6.11 Å². The van der Waals surface area contributed by atoms with Gasteiger partial charge in [-0.1, -0.05) is 23.7 Å². The largest absolute Gasteiger partial charge is 0.444 e. The quantitative estimate of drug-likeness (QED) is 0.655. The third-order valence-electron chi connectivity index (χ3n) is 3.72. The zero-order chi connectivity index (χ0) is 20.3. The monoisotopic (exact) mass is 430 g/mol. The number of thioether (sulfide) groups is 1. The number of anilines is 2. The second-order valence-corrected chi connectivity index (χ2v) is 7.46. The number of rotatable bonds is 6. The number of nitrogens with one attached hydrogen (secondary N) is 2. The van der Waals surface area contributed by atoms with Crippen molar-refractivity contribution < 1.29 is 27.5 Å². The van der Waals surface area contributed by atoms with Crippen molar-refractivity contribution in [3.8, 4) is 5.75 Å². The summed E-state index contributed by atoms with van der Waals surface area (Å²) in [6, 6.07) is 12.2. The van der Waals surface area contributed by atoms with Gasteiger partial charge < -0.3 is 15.4 Å². The third-order valence-corrected chi connectivity index (χ3v) is 5.25. The molecule has 2 N–H and O–H groups in total. The minimum Gasteiger partial charge on any atom is -0.429 e. The number of para-hydroxylation sites is 1. The number of fused-ring (bicyclic) bond motifs is 1. The fraction of sp³-hybridized carbons (Fsp3) is 0.222. The van der Waals surface area contributed by atoms with Crippen LogP contribution in [0.3, 0.4) is 0 Å². The van der Waals surface area contributed by atoms with Crippen LogP contribution in [0.1, 0.15) is 6.42 Å². The lowest BCUT2D eigenvalue weighted by molar-refractivity contribution is -0.199. The molecule has 1 aliphatic heterocycles. The van der Waals surface area contributed by atoms with Gasteiger partial charge in [-0.15, -0.1) is 11.8 Å². The number of halogens is 4. The van der Waals surface area contributed by atoms with Crippen LogP contribution in [-0.4, -0.2) is 28.8 Å². The van der Waals surface area contributed by atoms with E-state index >= 15 is 0 Å². The first-order valence-corrected chi connectivity index (χ1v) is 9.37. The van der Waals surface area contributed by atoms with Gasteiger partial charge in [-0.25, -0.2) is 4.39 Å². The maximum atomic E-state index is 13.1. The van der Waals surface area contributed by atoms with E-state index < -0.39 is 22.9 Å². The van der Waals surface area contributed by atoms with Gasteiger partial charge in [0.25, 0.3) is 5.63 Å². The van der Waals surface area contributed by atoms with Crippen molar-refractivity contribution in [3.63, 3.8) is 0 Å². The molecule has 28 heavy (non-hydrogen) atoms. The van der Waals surface area contributed by atoms with E-state index in [1.54, 1.807) is 12.1 Å². The Morgan fingerprint density at radius 2 is 1.93 bits per heavy atom. The van der Waals surface area contributed by atoms with Gasteiger partial charge in [0.1, 0.15) is 5.75 Å². The Kier molecular flexibility index (Phi) is 6.04. The fourth-order valence-electron chi connectivity index (χ4n) is 2.42. The standard InChI is InChI=1S/C18H14ClF3N2O3S/c19-17(20)18(21,22)27-11-7-5-10(6-8-11)23-15(25)9-14-16(26)24-12-3-1-2-4-13(12)28-14/h1-8,14,17H,9H2,(H,23,25)(H,24,26)/t14-,17+/m1/s1. The minimum absolute atomic E-state index is 0.0725. The molecule has 0 radical (unpaired) electrons. The molecule has 2 atom stereocenters. The third kappa shape index (κ3) is 4.90. The highest BCUT2D eigenvalue weighted by atomic mass is 35.5. The predicted molar refractivity (Wildman–Crippen MR) is 101 cm³/mol. The second kappa shape index (κ2) is 8.32. The van der Waals surface area contributed by atoms with Crippen LogP contribution < -0.4 is 15.4 Å². The van der Waals surface area contributed by atoms with Gasteiger partial charge in [-0.2, -0.15) is 8.78 Å². The normalized spacial score (nSPS) is 17.3. The van der Waals surface area contributed by atoms with Crippen LogP contribution >= 0.6 is 23.4 Å². The smallest absolute Gasteiger partial charge is 0.429 e. The van der Waals surface area contributed by atoms with E-state index in [4.69, 9.17) is 11.6 Å². The van der Waals surface area contributed by atoms with E-state index in [1.165, 1.54) is 23.9 Å². The van der Waals surface area contributed by atoms with Gasteiger partial charge in [0.15, 0.2) is 0 Å². The van der Waals surface area contributed by atoms with Crippen molar-refractivity contribution in [1.82, 2.24) is 0 Å². The van der Waals surface area contributed by atoms with E-state index in [0.29, 0.717) is 11.4 Å². The summed E-state index contributed by atoms with van der Waals surface area (Å²) < 4.78 is 43.0. The number of benzene rings is 2. The van der Waals surface area contributed by atoms with Crippen molar-refractivity contribution in [2.45, 2.75) is 28.3 Å². The summed E-state index contributed by atoms with van der Waals surface area (Å²) in [5.41, 5.74) is -1.98. The van der Waals surface area contributed by atoms with E-state index in [9.17, 15) is 22.8 Å². The lowest BCUT2D eigenvalue weighted by Gasteiger charge is -2.23. The predicted octanol–water partition coefficient (Wildman–Crippen LogP) is 4.63. The molecule has 0 aromatic heterocycles. The summed E-state index contributed by atoms with van der Waals surface area (Å²) >= 11 is 6.01. The Labute approximate surface area is 167 Å². The summed E-state index contributed by atoms with van der Waals surface area (Å²) in [4.78, 5) is 25.2. The molecule has 1 aliphatic rings. The minimum atomic E-state index is -4.17. The first-order valence-electron chi connectivity index (χ1n) is 8.06. The number of alkyl halides is 4. The molecule has 0 fully saturated rings. The Bertz CT molecular complexity index is 881. The first kappa shape index (κ1) is 20.3. The number of hydrogen-bond acceptors (Lipinski definition) is 4. The van der Waals surface area contributed by atoms with E-state index in [2.05, 4.69) is 15.4 Å². The zero-order valence-corrected chi connectivity index (χ0v) is 15.7. The van der Waals surface area contributed by atoms with Crippen LogP contribution in [-0.2, 0) is 9.59 Å². The molecule has 0 unspecified atom stereocenters. The molecule has 5 nitrogen and oxygen atoms in total. The molecule has 3 rings (SSSR count). The van der Waals surface area contributed by atoms with Gasteiger partial charge in [-0.05, 0) is 36.4 Å². The number of ether oxygens (including phenoxy) is 1. The highest BCUT2D eigenvalue weighted by Crippen LogP contribution is 2.36. The van der Waals surface area contributed by atoms with Crippen molar-refractivity contribution in [3.05, 3.63) is 48.5 Å². The van der Waals surface area contributed by atoms with Crippen molar-refractivity contribution in [1.29, 1.82) is 0 Å². The van der Waals surface area contributed by atoms with Crippen LogP contribution in [0.15, 0.2) is 53.4 Å². The molecule has 0 saturated carbocycles. The van der Waals surface area contributed by atoms with E-state index in [1.807, 2.05) is 12.1 Å². The Balaban J connectivity index is 1.57. The fourth-order valence-corrected chi connectivity index (χ4v) is 3.57. The molecule has 10 heteroatoms. The SMILES string of the molecule is O=C(C[C@H]1Sc2ccccc2NC1=O)Nc1ccc(OC(F)(F)[C@H](F)Cl)cc1. The van der Waals surface area contributed by atoms with Gasteiger partial charge in [0.2, 0.25) is 11.8 Å². The molecule has 148 valence electrons. The molecular formula is C18H14ClF3N2O3S. The topological polar surface area (TPSA) is 67.4 Å². The molecule has 0 aliphatic carbocycles. The van der Waals surface area contributed by atoms with Crippen LogP contribution in [0.25, 0.3) is 0 Å². The Morgan fingerprint density at radius 3 is 2.61 bits per heavy atom. The lowest BCUT2D eigenvalue weighted by Crippen LogP contribution is -2.32. The van der Waals surface area contributed by atoms with Crippen LogP contribution in [0.4, 0.5) is 24.5 Å². The molecule has 2 aromatic carbocycles. The molecule has 0 saturated heterocycles. The summed E-state index contributed by atoms with van der Waals surface area (Å²) in [6.07, 6.45) is -4.24. The van der Waals surface area contributed by atoms with Crippen LogP contribution in [0.5, 0.6) is 5.75 Å². The molecule has 1 heterocycles. The van der Waals surface area contributed by atoms with Gasteiger partial charge in [0.05, 0.1) is 10.9 Å². The number of amides is 2. The molecule has 0 spiro atoms. The zero-order valence-electron chi connectivity index (χ0n) is 14.1. The number of carbonyl (C=O) groups excluding carboxylic acids is 2. The lowest BCUT2D eigenvalue weighted by atomic mass is 10.2. The van der Waals surface area contributed by atoms with Crippen molar-refractivity contribution >= 4 is 46.6 Å². The summed E-state index contributed by atoms with van der Waals surface area (Å²) in [5.74, 6) is -1.01. The summed E-state index contributed by atoms with van der Waals surface area (Å²) in [6.45, 7) is 0. The maximum absolute atomic E-state index is 13.1. The van der Waals surface area contributed by atoms with Crippen LogP contribution in [0.2, 0.25) is 0 Å². The van der Waals surface area contributed by atoms with Gasteiger partial charge in [0, 0.05) is 17.0 Å². The molecular weight excluding hydrogens is 417 g/mol. The number of hydrogen-bond donors (Lipinski definition) is 2. The first-order chi connectivity index (χ1) is 13.2.